The van der Waals surface area contributed by atoms with E-state index in [9.17, 15) is 4.39 Å². The van der Waals surface area contributed by atoms with Gasteiger partial charge in [-0.3, -0.25) is 0 Å². The smallest absolute Gasteiger partial charge is 0.186 e. The molecule has 0 bridgehead atoms. The van der Waals surface area contributed by atoms with E-state index >= 15 is 0 Å². The van der Waals surface area contributed by atoms with Crippen LogP contribution in [0.3, 0.4) is 0 Å². The molecular weight excluding hydrogens is 293 g/mol. The summed E-state index contributed by atoms with van der Waals surface area (Å²) in [5, 5.41) is 3.24. The molecule has 3 heterocycles. The van der Waals surface area contributed by atoms with Crippen LogP contribution in [0, 0.1) is 19.7 Å². The molecule has 5 nitrogen and oxygen atoms in total. The largest absolute Gasteiger partial charge is 0.363 e. The highest BCUT2D eigenvalue weighted by Gasteiger charge is 2.25. The first-order valence-electron chi connectivity index (χ1n) is 8.08. The molecule has 0 spiro atoms. The summed E-state index contributed by atoms with van der Waals surface area (Å²) in [6, 6.07) is 0.146. The second-order valence-corrected chi connectivity index (χ2v) is 7.34. The van der Waals surface area contributed by atoms with Crippen LogP contribution < -0.4 is 5.32 Å². The molecule has 3 rings (SSSR count). The molecule has 2 aromatic rings. The molecule has 0 saturated heterocycles. The highest BCUT2D eigenvalue weighted by molar-refractivity contribution is 5.39. The standard InChI is InChI=1S/C17H24FN5/c1-10-15(18)16(20-11(2)19-10)21-12-6-7-14-22-13(17(3,4)5)9-23(14)8-12/h9,12H,6-8H2,1-5H3,(H,19,20,21). The number of aromatic nitrogens is 4. The Morgan fingerprint density at radius 3 is 2.65 bits per heavy atom. The van der Waals surface area contributed by atoms with Gasteiger partial charge in [-0.05, 0) is 20.3 Å². The molecule has 0 fully saturated rings. The molecule has 1 N–H and O–H groups in total. The van der Waals surface area contributed by atoms with Gasteiger partial charge in [-0.1, -0.05) is 20.8 Å². The Kier molecular flexibility index (Phi) is 3.86. The Balaban J connectivity index is 1.79. The molecule has 1 atom stereocenters. The zero-order valence-electron chi connectivity index (χ0n) is 14.4. The number of aryl methyl sites for hydroxylation is 3. The third-order valence-corrected chi connectivity index (χ3v) is 4.23. The fourth-order valence-electron chi connectivity index (χ4n) is 2.91. The van der Waals surface area contributed by atoms with E-state index < -0.39 is 0 Å². The third-order valence-electron chi connectivity index (χ3n) is 4.23. The Morgan fingerprint density at radius 1 is 1.22 bits per heavy atom. The zero-order valence-corrected chi connectivity index (χ0v) is 14.4. The molecule has 0 amide bonds. The van der Waals surface area contributed by atoms with E-state index in [4.69, 9.17) is 4.98 Å². The van der Waals surface area contributed by atoms with Crippen molar-refractivity contribution in [1.29, 1.82) is 0 Å². The van der Waals surface area contributed by atoms with Gasteiger partial charge in [-0.15, -0.1) is 0 Å². The van der Waals surface area contributed by atoms with Gasteiger partial charge in [0.2, 0.25) is 0 Å². The van der Waals surface area contributed by atoms with E-state index in [1.165, 1.54) is 0 Å². The fourth-order valence-corrected chi connectivity index (χ4v) is 2.91. The monoisotopic (exact) mass is 317 g/mol. The number of nitrogens with zero attached hydrogens (tertiary/aromatic N) is 4. The minimum atomic E-state index is -0.359. The summed E-state index contributed by atoms with van der Waals surface area (Å²) in [6.07, 6.45) is 3.93. The Labute approximate surface area is 136 Å². The van der Waals surface area contributed by atoms with Gasteiger partial charge in [-0.25, -0.2) is 19.3 Å². The number of imidazole rings is 1. The van der Waals surface area contributed by atoms with Crippen molar-refractivity contribution in [1.82, 2.24) is 19.5 Å². The number of hydrogen-bond acceptors (Lipinski definition) is 4. The molecule has 1 aliphatic rings. The third kappa shape index (κ3) is 3.21. The van der Waals surface area contributed by atoms with Crippen LogP contribution in [0.25, 0.3) is 0 Å². The summed E-state index contributed by atoms with van der Waals surface area (Å²) in [7, 11) is 0. The van der Waals surface area contributed by atoms with Crippen LogP contribution in [0.2, 0.25) is 0 Å². The van der Waals surface area contributed by atoms with Gasteiger partial charge in [0.25, 0.3) is 0 Å². The van der Waals surface area contributed by atoms with Crippen LogP contribution in [0.5, 0.6) is 0 Å². The number of rotatable bonds is 2. The van der Waals surface area contributed by atoms with Gasteiger partial charge >= 0.3 is 0 Å². The van der Waals surface area contributed by atoms with Crippen LogP contribution in [0.15, 0.2) is 6.20 Å². The lowest BCUT2D eigenvalue weighted by atomic mass is 9.93. The minimum absolute atomic E-state index is 0.0419. The number of hydrogen-bond donors (Lipinski definition) is 1. The predicted octanol–water partition coefficient (Wildman–Crippen LogP) is 3.15. The van der Waals surface area contributed by atoms with Crippen LogP contribution in [-0.2, 0) is 18.4 Å². The van der Waals surface area contributed by atoms with Crippen molar-refractivity contribution in [2.45, 2.75) is 65.5 Å². The number of halogens is 1. The average Bonchev–Trinajstić information content (AvgIpc) is 2.87. The van der Waals surface area contributed by atoms with Crippen LogP contribution in [0.4, 0.5) is 10.2 Å². The van der Waals surface area contributed by atoms with Gasteiger partial charge in [0.05, 0.1) is 11.4 Å². The van der Waals surface area contributed by atoms with Crippen molar-refractivity contribution in [3.05, 3.63) is 35.1 Å². The Hall–Kier alpha value is -1.98. The normalized spacial score (nSPS) is 17.9. The number of fused-ring (bicyclic) bond motifs is 1. The van der Waals surface area contributed by atoms with Crippen molar-refractivity contribution in [3.8, 4) is 0 Å². The summed E-state index contributed by atoms with van der Waals surface area (Å²) in [4.78, 5) is 13.0. The number of nitrogens with one attached hydrogen (secondary N) is 1. The average molecular weight is 317 g/mol. The summed E-state index contributed by atoms with van der Waals surface area (Å²) in [5.74, 6) is 1.64. The topological polar surface area (TPSA) is 55.6 Å². The van der Waals surface area contributed by atoms with Crippen molar-refractivity contribution in [2.75, 3.05) is 5.32 Å². The van der Waals surface area contributed by atoms with E-state index in [0.29, 0.717) is 17.3 Å². The van der Waals surface area contributed by atoms with Gasteiger partial charge in [0.1, 0.15) is 11.6 Å². The predicted molar refractivity (Wildman–Crippen MR) is 88.1 cm³/mol. The van der Waals surface area contributed by atoms with Crippen molar-refractivity contribution >= 4 is 5.82 Å². The van der Waals surface area contributed by atoms with E-state index in [1.54, 1.807) is 13.8 Å². The highest BCUT2D eigenvalue weighted by atomic mass is 19.1. The quantitative estimate of drug-likeness (QED) is 0.924. The molecule has 0 aliphatic carbocycles. The second kappa shape index (κ2) is 5.58. The molecule has 6 heteroatoms. The van der Waals surface area contributed by atoms with Crippen LogP contribution >= 0.6 is 0 Å². The lowest BCUT2D eigenvalue weighted by Crippen LogP contribution is -2.32. The first-order chi connectivity index (χ1) is 10.7. The maximum absolute atomic E-state index is 14.2. The van der Waals surface area contributed by atoms with Crippen molar-refractivity contribution in [3.63, 3.8) is 0 Å². The summed E-state index contributed by atoms with van der Waals surface area (Å²) < 4.78 is 16.4. The van der Waals surface area contributed by atoms with Gasteiger partial charge in [0, 0.05) is 30.6 Å². The summed E-state index contributed by atoms with van der Waals surface area (Å²) in [6.45, 7) is 10.7. The molecule has 1 aliphatic heterocycles. The second-order valence-electron chi connectivity index (χ2n) is 7.34. The van der Waals surface area contributed by atoms with Gasteiger partial charge < -0.3 is 9.88 Å². The van der Waals surface area contributed by atoms with E-state index in [0.717, 1.165) is 30.9 Å². The SMILES string of the molecule is Cc1nc(C)c(F)c(NC2CCc3nc(C(C)(C)C)cn3C2)n1. The molecule has 0 radical (unpaired) electrons. The lowest BCUT2D eigenvalue weighted by Gasteiger charge is -2.25. The molecule has 0 saturated carbocycles. The van der Waals surface area contributed by atoms with E-state index in [2.05, 4.69) is 46.8 Å². The van der Waals surface area contributed by atoms with Crippen LogP contribution in [0.1, 0.15) is 50.2 Å². The lowest BCUT2D eigenvalue weighted by molar-refractivity contribution is 0.471. The maximum Gasteiger partial charge on any atom is 0.186 e. The van der Waals surface area contributed by atoms with Crippen molar-refractivity contribution < 1.29 is 4.39 Å². The van der Waals surface area contributed by atoms with Crippen molar-refractivity contribution in [2.24, 2.45) is 0 Å². The van der Waals surface area contributed by atoms with Crippen LogP contribution in [-0.4, -0.2) is 25.6 Å². The Bertz CT molecular complexity index is 729. The molecule has 2 aromatic heterocycles. The first kappa shape index (κ1) is 15.9. The van der Waals surface area contributed by atoms with E-state index in [1.807, 2.05) is 0 Å². The maximum atomic E-state index is 14.2. The summed E-state index contributed by atoms with van der Waals surface area (Å²) >= 11 is 0. The van der Waals surface area contributed by atoms with Gasteiger partial charge in [-0.2, -0.15) is 0 Å². The minimum Gasteiger partial charge on any atom is -0.363 e. The summed E-state index contributed by atoms with van der Waals surface area (Å²) in [5.41, 5.74) is 1.53. The molecular formula is C17H24FN5. The van der Waals surface area contributed by atoms with E-state index in [-0.39, 0.29) is 17.3 Å². The molecule has 23 heavy (non-hydrogen) atoms. The molecule has 1 unspecified atom stereocenters. The van der Waals surface area contributed by atoms with Gasteiger partial charge in [0.15, 0.2) is 11.6 Å². The fraction of sp³-hybridized carbons (Fsp3) is 0.588. The Morgan fingerprint density at radius 2 is 1.96 bits per heavy atom. The molecule has 0 aromatic carbocycles. The first-order valence-corrected chi connectivity index (χ1v) is 8.08. The highest BCUT2D eigenvalue weighted by Crippen LogP contribution is 2.25. The zero-order chi connectivity index (χ0) is 16.8. The molecule has 124 valence electrons. The number of anilines is 1.